The predicted molar refractivity (Wildman–Crippen MR) is 108 cm³/mol. The Hall–Kier alpha value is -1.49. The number of likely N-dealkylation sites (N-methyl/N-ethyl adjacent to an activating group) is 1. The highest BCUT2D eigenvalue weighted by atomic mass is 32.2. The molecule has 136 valence electrons. The summed E-state index contributed by atoms with van der Waals surface area (Å²) in [5, 5.41) is 8.90. The van der Waals surface area contributed by atoms with Crippen LogP contribution < -0.4 is 4.74 Å². The van der Waals surface area contributed by atoms with Gasteiger partial charge in [-0.2, -0.15) is 0 Å². The zero-order chi connectivity index (χ0) is 18.1. The van der Waals surface area contributed by atoms with E-state index in [0.717, 1.165) is 30.0 Å². The van der Waals surface area contributed by atoms with Gasteiger partial charge in [-0.15, -0.1) is 11.8 Å². The lowest BCUT2D eigenvalue weighted by Gasteiger charge is -2.16. The maximum atomic E-state index is 8.90. The third-order valence-electron chi connectivity index (χ3n) is 4.08. The molecule has 0 spiro atoms. The van der Waals surface area contributed by atoms with Crippen molar-refractivity contribution < 1.29 is 9.84 Å². The minimum atomic E-state index is 0.204. The van der Waals surface area contributed by atoms with E-state index in [-0.39, 0.29) is 6.61 Å². The van der Waals surface area contributed by atoms with Crippen LogP contribution >= 0.6 is 11.8 Å². The summed E-state index contributed by atoms with van der Waals surface area (Å²) in [6.45, 7) is 6.81. The van der Waals surface area contributed by atoms with Crippen LogP contribution in [0.25, 0.3) is 11.1 Å². The number of hydrogen-bond donors (Lipinski definition) is 1. The first-order chi connectivity index (χ1) is 12.1. The number of aryl methyl sites for hydroxylation is 1. The summed E-state index contributed by atoms with van der Waals surface area (Å²) in [4.78, 5) is 3.42. The van der Waals surface area contributed by atoms with Crippen molar-refractivity contribution in [3.63, 3.8) is 0 Å². The highest BCUT2D eigenvalue weighted by Crippen LogP contribution is 2.29. The summed E-state index contributed by atoms with van der Waals surface area (Å²) < 4.78 is 5.93. The third-order valence-corrected chi connectivity index (χ3v) is 4.95. The highest BCUT2D eigenvalue weighted by Gasteiger charge is 2.05. The number of benzene rings is 2. The van der Waals surface area contributed by atoms with Crippen LogP contribution in [0.1, 0.15) is 18.9 Å². The van der Waals surface area contributed by atoms with Gasteiger partial charge in [0.15, 0.2) is 0 Å². The number of thioether (sulfide) groups is 1. The molecule has 0 radical (unpaired) electrons. The summed E-state index contributed by atoms with van der Waals surface area (Å²) in [6.07, 6.45) is 0.952. The molecule has 0 aliphatic heterocycles. The minimum Gasteiger partial charge on any atom is -0.493 e. The van der Waals surface area contributed by atoms with Crippen molar-refractivity contribution in [2.24, 2.45) is 0 Å². The van der Waals surface area contributed by atoms with Crippen molar-refractivity contribution >= 4 is 11.8 Å². The molecule has 4 heteroatoms. The molecule has 25 heavy (non-hydrogen) atoms. The fraction of sp³-hybridized carbons (Fsp3) is 0.429. The van der Waals surface area contributed by atoms with E-state index in [1.807, 2.05) is 18.8 Å². The van der Waals surface area contributed by atoms with E-state index in [4.69, 9.17) is 9.84 Å². The van der Waals surface area contributed by atoms with Gasteiger partial charge in [-0.3, -0.25) is 0 Å². The smallest absolute Gasteiger partial charge is 0.122 e. The largest absolute Gasteiger partial charge is 0.493 e. The van der Waals surface area contributed by atoms with Crippen molar-refractivity contribution in [2.75, 3.05) is 39.1 Å². The van der Waals surface area contributed by atoms with Crippen molar-refractivity contribution in [2.45, 2.75) is 25.2 Å². The first-order valence-corrected chi connectivity index (χ1v) is 9.88. The molecule has 0 aliphatic carbocycles. The molecule has 0 unspecified atom stereocenters. The van der Waals surface area contributed by atoms with Crippen molar-refractivity contribution in [1.29, 1.82) is 0 Å². The van der Waals surface area contributed by atoms with Crippen LogP contribution in [-0.4, -0.2) is 49.1 Å². The Morgan fingerprint density at radius 1 is 1.08 bits per heavy atom. The van der Waals surface area contributed by atoms with Gasteiger partial charge >= 0.3 is 0 Å². The average molecular weight is 360 g/mol. The normalized spacial score (nSPS) is 11.1. The zero-order valence-electron chi connectivity index (χ0n) is 15.5. The minimum absolute atomic E-state index is 0.204. The second-order valence-corrected chi connectivity index (χ2v) is 7.51. The summed E-state index contributed by atoms with van der Waals surface area (Å²) >= 11 is 1.87. The first-order valence-electron chi connectivity index (χ1n) is 8.90. The molecule has 0 bridgehead atoms. The highest BCUT2D eigenvalue weighted by molar-refractivity contribution is 7.99. The lowest BCUT2D eigenvalue weighted by atomic mass is 10.0. The van der Waals surface area contributed by atoms with Crippen molar-refractivity contribution in [1.82, 2.24) is 4.90 Å². The van der Waals surface area contributed by atoms with Crippen molar-refractivity contribution in [3.8, 4) is 16.9 Å². The lowest BCUT2D eigenvalue weighted by Crippen LogP contribution is -2.24. The molecule has 3 nitrogen and oxygen atoms in total. The van der Waals surface area contributed by atoms with E-state index in [0.29, 0.717) is 13.2 Å². The molecule has 0 saturated carbocycles. The molecule has 0 aromatic heterocycles. The standard InChI is InChI=1S/C21H29NO2S/c1-4-25-20-8-5-7-18(16-20)19-9-10-21(17(2)15-19)24-14-6-11-22(3)12-13-23/h5,7-10,15-16,23H,4,6,11-14H2,1-3H3. The molecule has 0 aliphatic rings. The Kier molecular flexibility index (Phi) is 8.32. The van der Waals surface area contributed by atoms with Gasteiger partial charge in [-0.25, -0.2) is 0 Å². The topological polar surface area (TPSA) is 32.7 Å². The fourth-order valence-corrected chi connectivity index (χ4v) is 3.44. The zero-order valence-corrected chi connectivity index (χ0v) is 16.3. The lowest BCUT2D eigenvalue weighted by molar-refractivity contribution is 0.207. The molecular weight excluding hydrogens is 330 g/mol. The molecule has 0 atom stereocenters. The second-order valence-electron chi connectivity index (χ2n) is 6.17. The summed E-state index contributed by atoms with van der Waals surface area (Å²) in [7, 11) is 2.02. The number of rotatable bonds is 10. The van der Waals surface area contributed by atoms with Crippen LogP contribution in [0.2, 0.25) is 0 Å². The number of hydrogen-bond acceptors (Lipinski definition) is 4. The van der Waals surface area contributed by atoms with Gasteiger partial charge in [0.1, 0.15) is 5.75 Å². The van der Waals surface area contributed by atoms with Crippen LogP contribution in [0.15, 0.2) is 47.4 Å². The van der Waals surface area contributed by atoms with E-state index in [1.54, 1.807) is 0 Å². The van der Waals surface area contributed by atoms with E-state index in [2.05, 4.69) is 61.2 Å². The Morgan fingerprint density at radius 3 is 2.60 bits per heavy atom. The Bertz CT molecular complexity index is 660. The van der Waals surface area contributed by atoms with Gasteiger partial charge in [0, 0.05) is 18.0 Å². The number of nitrogens with zero attached hydrogens (tertiary/aromatic N) is 1. The van der Waals surface area contributed by atoms with Crippen LogP contribution in [0.5, 0.6) is 5.75 Å². The van der Waals surface area contributed by atoms with Crippen LogP contribution in [0.3, 0.4) is 0 Å². The molecule has 0 fully saturated rings. The fourth-order valence-electron chi connectivity index (χ4n) is 2.72. The van der Waals surface area contributed by atoms with E-state index < -0.39 is 0 Å². The van der Waals surface area contributed by atoms with Crippen molar-refractivity contribution in [3.05, 3.63) is 48.0 Å². The Balaban J connectivity index is 1.95. The molecule has 0 saturated heterocycles. The first kappa shape index (κ1) is 19.8. The SMILES string of the molecule is CCSc1cccc(-c2ccc(OCCCN(C)CCO)c(C)c2)c1. The van der Waals surface area contributed by atoms with Gasteiger partial charge in [-0.05, 0) is 67.1 Å². The molecule has 2 aromatic rings. The van der Waals surface area contributed by atoms with Crippen LogP contribution in [-0.2, 0) is 0 Å². The molecule has 0 amide bonds. The quantitative estimate of drug-likeness (QED) is 0.501. The third kappa shape index (κ3) is 6.38. The van der Waals surface area contributed by atoms with Gasteiger partial charge in [0.05, 0.1) is 13.2 Å². The summed E-state index contributed by atoms with van der Waals surface area (Å²) in [6, 6.07) is 15.1. The predicted octanol–water partition coefficient (Wildman–Crippen LogP) is 4.47. The number of aliphatic hydroxyl groups excluding tert-OH is 1. The van der Waals surface area contributed by atoms with Crippen LogP contribution in [0, 0.1) is 6.92 Å². The molecular formula is C21H29NO2S. The number of ether oxygens (including phenoxy) is 1. The van der Waals surface area contributed by atoms with E-state index in [9.17, 15) is 0 Å². The van der Waals surface area contributed by atoms with Gasteiger partial charge in [0.2, 0.25) is 0 Å². The molecule has 0 heterocycles. The molecule has 2 aromatic carbocycles. The van der Waals surface area contributed by atoms with Crippen LogP contribution in [0.4, 0.5) is 0 Å². The maximum Gasteiger partial charge on any atom is 0.122 e. The maximum absolute atomic E-state index is 8.90. The average Bonchev–Trinajstić information content (AvgIpc) is 2.60. The monoisotopic (exact) mass is 359 g/mol. The van der Waals surface area contributed by atoms with Gasteiger partial charge < -0.3 is 14.7 Å². The van der Waals surface area contributed by atoms with Gasteiger partial charge in [-0.1, -0.05) is 25.1 Å². The van der Waals surface area contributed by atoms with E-state index >= 15 is 0 Å². The second kappa shape index (κ2) is 10.5. The molecule has 2 rings (SSSR count). The summed E-state index contributed by atoms with van der Waals surface area (Å²) in [5.41, 5.74) is 3.64. The van der Waals surface area contributed by atoms with Gasteiger partial charge in [0.25, 0.3) is 0 Å². The van der Waals surface area contributed by atoms with E-state index in [1.165, 1.54) is 16.0 Å². The summed E-state index contributed by atoms with van der Waals surface area (Å²) in [5.74, 6) is 2.04. The number of aliphatic hydroxyl groups is 1. The Labute approximate surface area is 156 Å². The Morgan fingerprint density at radius 2 is 1.88 bits per heavy atom. The molecule has 1 N–H and O–H groups in total.